The van der Waals surface area contributed by atoms with E-state index in [0.29, 0.717) is 0 Å². The summed E-state index contributed by atoms with van der Waals surface area (Å²) >= 11 is 0. The van der Waals surface area contributed by atoms with Crippen molar-refractivity contribution in [2.45, 2.75) is 20.4 Å². The molecule has 0 unspecified atom stereocenters. The fraction of sp³-hybridized carbons (Fsp3) is 0.350. The van der Waals surface area contributed by atoms with Gasteiger partial charge < -0.3 is 10.1 Å². The van der Waals surface area contributed by atoms with Gasteiger partial charge in [0.15, 0.2) is 0 Å². The monoisotopic (exact) mass is 408 g/mol. The van der Waals surface area contributed by atoms with Crippen molar-refractivity contribution in [1.29, 1.82) is 0 Å². The van der Waals surface area contributed by atoms with Crippen molar-refractivity contribution in [2.75, 3.05) is 26.0 Å². The number of ether oxygens (including phenoxy) is 1. The average molecular weight is 408 g/mol. The number of carbonyl (C=O) groups excluding carboxylic acids is 1. The quantitative estimate of drug-likeness (QED) is 0.647. The Morgan fingerprint density at radius 2 is 1.86 bits per heavy atom. The first-order chi connectivity index (χ1) is 13.2. The Hall–Kier alpha value is -2.45. The van der Waals surface area contributed by atoms with Crippen LogP contribution >= 0.6 is 0 Å². The van der Waals surface area contributed by atoms with Gasteiger partial charge in [-0.1, -0.05) is 30.3 Å². The van der Waals surface area contributed by atoms with E-state index < -0.39 is 28.3 Å². The molecule has 6 nitrogen and oxygen atoms in total. The van der Waals surface area contributed by atoms with Crippen molar-refractivity contribution in [2.24, 2.45) is 0 Å². The Kier molecular flexibility index (Phi) is 7.53. The van der Waals surface area contributed by atoms with Gasteiger partial charge in [-0.05, 0) is 37.1 Å². The number of hydrogen-bond donors (Lipinski definition) is 1. The number of carbonyl (C=O) groups is 1. The molecule has 0 aliphatic heterocycles. The van der Waals surface area contributed by atoms with Gasteiger partial charge in [0.1, 0.15) is 18.2 Å². The summed E-state index contributed by atoms with van der Waals surface area (Å²) in [6.07, 6.45) is 0.991. The zero-order valence-corrected chi connectivity index (χ0v) is 17.1. The summed E-state index contributed by atoms with van der Waals surface area (Å²) < 4.78 is 44.3. The number of halogens is 1. The first-order valence-electron chi connectivity index (χ1n) is 8.82. The van der Waals surface area contributed by atoms with E-state index in [0.717, 1.165) is 27.4 Å². The van der Waals surface area contributed by atoms with E-state index in [2.05, 4.69) is 5.32 Å². The van der Waals surface area contributed by atoms with Crippen molar-refractivity contribution in [3.05, 3.63) is 65.0 Å². The highest BCUT2D eigenvalue weighted by Gasteiger charge is 2.21. The van der Waals surface area contributed by atoms with Crippen LogP contribution in [0.4, 0.5) is 4.39 Å². The maximum atomic E-state index is 13.8. The van der Waals surface area contributed by atoms with Gasteiger partial charge in [0, 0.05) is 12.1 Å². The third-order valence-electron chi connectivity index (χ3n) is 4.33. The fourth-order valence-corrected chi connectivity index (χ4v) is 3.28. The molecule has 0 fully saturated rings. The number of rotatable bonds is 9. The van der Waals surface area contributed by atoms with Crippen LogP contribution in [0.25, 0.3) is 0 Å². The van der Waals surface area contributed by atoms with Gasteiger partial charge in [-0.15, -0.1) is 0 Å². The highest BCUT2D eigenvalue weighted by Crippen LogP contribution is 2.20. The van der Waals surface area contributed by atoms with E-state index in [1.54, 1.807) is 6.07 Å². The lowest BCUT2D eigenvalue weighted by Crippen LogP contribution is -2.41. The topological polar surface area (TPSA) is 75.7 Å². The van der Waals surface area contributed by atoms with Gasteiger partial charge in [0.05, 0.1) is 19.3 Å². The summed E-state index contributed by atoms with van der Waals surface area (Å²) in [7, 11) is -3.68. The van der Waals surface area contributed by atoms with Crippen molar-refractivity contribution in [1.82, 2.24) is 9.62 Å². The molecule has 2 aromatic rings. The Balaban J connectivity index is 1.88. The molecule has 0 aromatic heterocycles. The van der Waals surface area contributed by atoms with E-state index in [-0.39, 0.29) is 25.3 Å². The van der Waals surface area contributed by atoms with Crippen LogP contribution < -0.4 is 10.1 Å². The molecule has 28 heavy (non-hydrogen) atoms. The number of amides is 1. The Labute approximate surface area is 165 Å². The van der Waals surface area contributed by atoms with Gasteiger partial charge in [0.25, 0.3) is 0 Å². The second-order valence-electron chi connectivity index (χ2n) is 6.52. The third-order valence-corrected chi connectivity index (χ3v) is 5.53. The second kappa shape index (κ2) is 9.66. The van der Waals surface area contributed by atoms with Gasteiger partial charge in [-0.25, -0.2) is 12.8 Å². The molecule has 0 spiro atoms. The maximum Gasteiger partial charge on any atom is 0.235 e. The molecule has 2 rings (SSSR count). The molecule has 1 amide bonds. The number of aryl methyl sites for hydroxylation is 1. The molecule has 8 heteroatoms. The lowest BCUT2D eigenvalue weighted by atomic mass is 10.1. The normalized spacial score (nSPS) is 11.5. The second-order valence-corrected chi connectivity index (χ2v) is 8.50. The van der Waals surface area contributed by atoms with Crippen molar-refractivity contribution in [3.8, 4) is 5.75 Å². The third kappa shape index (κ3) is 6.31. The van der Waals surface area contributed by atoms with Crippen molar-refractivity contribution in [3.63, 3.8) is 0 Å². The molecule has 0 heterocycles. The van der Waals surface area contributed by atoms with E-state index in [1.165, 1.54) is 18.2 Å². The molecule has 152 valence electrons. The summed E-state index contributed by atoms with van der Waals surface area (Å²) in [5.74, 6) is -0.253. The molecule has 0 aliphatic carbocycles. The number of sulfonamides is 1. The predicted molar refractivity (Wildman–Crippen MR) is 106 cm³/mol. The van der Waals surface area contributed by atoms with Crippen LogP contribution in [0.5, 0.6) is 5.75 Å². The molecule has 0 atom stereocenters. The van der Waals surface area contributed by atoms with Crippen LogP contribution in [0.15, 0.2) is 42.5 Å². The lowest BCUT2D eigenvalue weighted by Gasteiger charge is -2.20. The fourth-order valence-electron chi connectivity index (χ4n) is 2.56. The Morgan fingerprint density at radius 3 is 2.54 bits per heavy atom. The summed E-state index contributed by atoms with van der Waals surface area (Å²) in [6, 6.07) is 11.6. The van der Waals surface area contributed by atoms with Crippen LogP contribution in [0.3, 0.4) is 0 Å². The highest BCUT2D eigenvalue weighted by molar-refractivity contribution is 7.88. The standard InChI is InChI=1S/C20H25FN2O4S/c1-15-7-6-10-19(16(15)2)27-12-11-22-20(24)14-23(28(3,25)26)13-17-8-4-5-9-18(17)21/h4-10H,11-14H2,1-3H3,(H,22,24). The molecule has 2 aromatic carbocycles. The van der Waals surface area contributed by atoms with Crippen LogP contribution in [-0.2, 0) is 21.4 Å². The Morgan fingerprint density at radius 1 is 1.14 bits per heavy atom. The largest absolute Gasteiger partial charge is 0.491 e. The van der Waals surface area contributed by atoms with Crippen molar-refractivity contribution >= 4 is 15.9 Å². The van der Waals surface area contributed by atoms with Crippen LogP contribution in [-0.4, -0.2) is 44.6 Å². The minimum absolute atomic E-state index is 0.207. The van der Waals surface area contributed by atoms with E-state index in [9.17, 15) is 17.6 Å². The van der Waals surface area contributed by atoms with E-state index in [4.69, 9.17) is 4.74 Å². The molecule has 0 aliphatic rings. The summed E-state index contributed by atoms with van der Waals surface area (Å²) in [5, 5.41) is 2.63. The van der Waals surface area contributed by atoms with Crippen molar-refractivity contribution < 1.29 is 22.3 Å². The van der Waals surface area contributed by atoms with Crippen LogP contribution in [0, 0.1) is 19.7 Å². The molecule has 0 saturated heterocycles. The van der Waals surface area contributed by atoms with Gasteiger partial charge in [0.2, 0.25) is 15.9 Å². The lowest BCUT2D eigenvalue weighted by molar-refractivity contribution is -0.121. The number of nitrogens with zero attached hydrogens (tertiary/aromatic N) is 1. The number of hydrogen-bond acceptors (Lipinski definition) is 4. The number of nitrogens with one attached hydrogen (secondary N) is 1. The molecular weight excluding hydrogens is 383 g/mol. The molecule has 0 radical (unpaired) electrons. The summed E-state index contributed by atoms with van der Waals surface area (Å²) in [6.45, 7) is 3.82. The van der Waals surface area contributed by atoms with Crippen LogP contribution in [0.1, 0.15) is 16.7 Å². The van der Waals surface area contributed by atoms with Gasteiger partial charge >= 0.3 is 0 Å². The first-order valence-corrected chi connectivity index (χ1v) is 10.7. The Bertz CT molecular complexity index is 932. The van der Waals surface area contributed by atoms with Gasteiger partial charge in [-0.2, -0.15) is 4.31 Å². The molecule has 1 N–H and O–H groups in total. The minimum atomic E-state index is -3.68. The maximum absolute atomic E-state index is 13.8. The molecular formula is C20H25FN2O4S. The highest BCUT2D eigenvalue weighted by atomic mass is 32.2. The SMILES string of the molecule is Cc1cccc(OCCNC(=O)CN(Cc2ccccc2F)S(C)(=O)=O)c1C. The summed E-state index contributed by atoms with van der Waals surface area (Å²) in [4.78, 5) is 12.1. The molecule has 0 bridgehead atoms. The molecule has 0 saturated carbocycles. The zero-order chi connectivity index (χ0) is 20.7. The first kappa shape index (κ1) is 21.8. The smallest absolute Gasteiger partial charge is 0.235 e. The zero-order valence-electron chi connectivity index (χ0n) is 16.2. The van der Waals surface area contributed by atoms with E-state index >= 15 is 0 Å². The van der Waals surface area contributed by atoms with Crippen LogP contribution in [0.2, 0.25) is 0 Å². The minimum Gasteiger partial charge on any atom is -0.491 e. The average Bonchev–Trinajstić information content (AvgIpc) is 2.62. The predicted octanol–water partition coefficient (Wildman–Crippen LogP) is 2.40. The van der Waals surface area contributed by atoms with Gasteiger partial charge in [-0.3, -0.25) is 4.79 Å². The number of benzene rings is 2. The van der Waals surface area contributed by atoms with E-state index in [1.807, 2.05) is 32.0 Å². The summed E-state index contributed by atoms with van der Waals surface area (Å²) in [5.41, 5.74) is 2.35.